The number of nitrogens with two attached hydrogens (primary N) is 1. The molecule has 0 aromatic heterocycles. The first-order valence-electron chi connectivity index (χ1n) is 4.77. The number of carboxylic acid groups (broad SMARTS) is 1. The van der Waals surface area contributed by atoms with Crippen molar-refractivity contribution in [2.75, 3.05) is 20.1 Å². The Morgan fingerprint density at radius 3 is 2.06 bits per heavy atom. The maximum absolute atomic E-state index is 11.7. The topological polar surface area (TPSA) is 104 Å². The fraction of sp³-hybridized carbons (Fsp3) is 0.667. The molecule has 3 amide bonds. The molecule has 7 heteroatoms. The second-order valence-corrected chi connectivity index (χ2v) is 3.70. The fourth-order valence-electron chi connectivity index (χ4n) is 0.986. The molecule has 0 unspecified atom stereocenters. The SMILES string of the molecule is CC(C)N(C)C(=O)N(CC(N)=O)CC(=O)O. The standard InChI is InChI=1S/C9H17N3O4/c1-6(2)11(3)9(16)12(4-7(10)13)5-8(14)15/h6H,4-5H2,1-3H3,(H2,10,13)(H,14,15). The number of hydrogen-bond donors (Lipinski definition) is 2. The zero-order valence-corrected chi connectivity index (χ0v) is 9.64. The minimum absolute atomic E-state index is 0.0864. The molecular weight excluding hydrogens is 214 g/mol. The number of rotatable bonds is 5. The molecule has 7 nitrogen and oxygen atoms in total. The number of nitrogens with zero attached hydrogens (tertiary/aromatic N) is 2. The predicted octanol–water partition coefficient (Wildman–Crippen LogP) is -0.681. The number of amides is 3. The normalized spacial score (nSPS) is 10.0. The Morgan fingerprint density at radius 1 is 1.25 bits per heavy atom. The minimum Gasteiger partial charge on any atom is -0.480 e. The van der Waals surface area contributed by atoms with Gasteiger partial charge in [0.15, 0.2) is 0 Å². The molecule has 0 bridgehead atoms. The molecule has 0 spiro atoms. The highest BCUT2D eigenvalue weighted by atomic mass is 16.4. The summed E-state index contributed by atoms with van der Waals surface area (Å²) in [6, 6.07) is -0.618. The summed E-state index contributed by atoms with van der Waals surface area (Å²) in [7, 11) is 1.53. The first-order valence-corrected chi connectivity index (χ1v) is 4.77. The summed E-state index contributed by atoms with van der Waals surface area (Å²) in [6.45, 7) is 2.61. The van der Waals surface area contributed by atoms with Gasteiger partial charge in [-0.1, -0.05) is 0 Å². The van der Waals surface area contributed by atoms with Gasteiger partial charge in [-0.2, -0.15) is 0 Å². The van der Waals surface area contributed by atoms with Crippen LogP contribution in [0.5, 0.6) is 0 Å². The minimum atomic E-state index is -1.19. The molecule has 0 aromatic rings. The Balaban J connectivity index is 4.67. The maximum Gasteiger partial charge on any atom is 0.323 e. The van der Waals surface area contributed by atoms with Crippen molar-refractivity contribution in [3.05, 3.63) is 0 Å². The Hall–Kier alpha value is -1.79. The highest BCUT2D eigenvalue weighted by Crippen LogP contribution is 2.01. The van der Waals surface area contributed by atoms with Crippen LogP contribution in [0.15, 0.2) is 0 Å². The quantitative estimate of drug-likeness (QED) is 0.654. The molecule has 3 N–H and O–H groups in total. The lowest BCUT2D eigenvalue weighted by atomic mass is 10.3. The van der Waals surface area contributed by atoms with Gasteiger partial charge in [-0.15, -0.1) is 0 Å². The van der Waals surface area contributed by atoms with Crippen molar-refractivity contribution in [3.8, 4) is 0 Å². The molecule has 0 radical (unpaired) electrons. The zero-order chi connectivity index (χ0) is 12.9. The van der Waals surface area contributed by atoms with Gasteiger partial charge in [-0.25, -0.2) is 4.79 Å². The second kappa shape index (κ2) is 5.94. The summed E-state index contributed by atoms with van der Waals surface area (Å²) in [6.07, 6.45) is 0. The number of carboxylic acids is 1. The van der Waals surface area contributed by atoms with Crippen LogP contribution in [-0.4, -0.2) is 59.0 Å². The van der Waals surface area contributed by atoms with Crippen molar-refractivity contribution >= 4 is 17.9 Å². The molecule has 92 valence electrons. The summed E-state index contributed by atoms with van der Waals surface area (Å²) in [4.78, 5) is 35.2. The average molecular weight is 231 g/mol. The zero-order valence-electron chi connectivity index (χ0n) is 9.64. The summed E-state index contributed by atoms with van der Waals surface area (Å²) in [5.41, 5.74) is 4.94. The average Bonchev–Trinajstić information content (AvgIpc) is 2.12. The van der Waals surface area contributed by atoms with Crippen molar-refractivity contribution in [2.24, 2.45) is 5.73 Å². The molecule has 0 aromatic carbocycles. The van der Waals surface area contributed by atoms with Crippen molar-refractivity contribution < 1.29 is 19.5 Å². The molecule has 0 saturated carbocycles. The fourth-order valence-corrected chi connectivity index (χ4v) is 0.986. The highest BCUT2D eigenvalue weighted by molar-refractivity contribution is 5.85. The van der Waals surface area contributed by atoms with E-state index in [-0.39, 0.29) is 6.04 Å². The van der Waals surface area contributed by atoms with Gasteiger partial charge in [-0.05, 0) is 13.8 Å². The van der Waals surface area contributed by atoms with E-state index in [4.69, 9.17) is 10.8 Å². The van der Waals surface area contributed by atoms with Crippen molar-refractivity contribution in [3.63, 3.8) is 0 Å². The maximum atomic E-state index is 11.7. The number of carbonyl (C=O) groups is 3. The van der Waals surface area contributed by atoms with Gasteiger partial charge < -0.3 is 20.6 Å². The van der Waals surface area contributed by atoms with Crippen molar-refractivity contribution in [2.45, 2.75) is 19.9 Å². The van der Waals surface area contributed by atoms with Gasteiger partial charge in [0.25, 0.3) is 0 Å². The van der Waals surface area contributed by atoms with Gasteiger partial charge >= 0.3 is 12.0 Å². The van der Waals surface area contributed by atoms with E-state index in [1.807, 2.05) is 0 Å². The van der Waals surface area contributed by atoms with E-state index in [1.54, 1.807) is 13.8 Å². The molecule has 0 aliphatic carbocycles. The number of aliphatic carboxylic acids is 1. The third kappa shape index (κ3) is 4.63. The van der Waals surface area contributed by atoms with Crippen LogP contribution < -0.4 is 5.73 Å². The van der Waals surface area contributed by atoms with E-state index < -0.39 is 31.0 Å². The van der Waals surface area contributed by atoms with Crippen LogP contribution >= 0.6 is 0 Å². The molecule has 0 fully saturated rings. The lowest BCUT2D eigenvalue weighted by molar-refractivity contribution is -0.138. The van der Waals surface area contributed by atoms with E-state index in [0.29, 0.717) is 0 Å². The molecule has 0 aliphatic heterocycles. The van der Waals surface area contributed by atoms with Crippen LogP contribution in [0.4, 0.5) is 4.79 Å². The Labute approximate surface area is 93.8 Å². The van der Waals surface area contributed by atoms with Gasteiger partial charge in [-0.3, -0.25) is 9.59 Å². The lowest BCUT2D eigenvalue weighted by Gasteiger charge is -2.28. The molecule has 0 heterocycles. The van der Waals surface area contributed by atoms with Gasteiger partial charge in [0.2, 0.25) is 5.91 Å². The largest absolute Gasteiger partial charge is 0.480 e. The van der Waals surface area contributed by atoms with Crippen LogP contribution in [0.3, 0.4) is 0 Å². The molecule has 0 saturated heterocycles. The molecule has 0 atom stereocenters. The molecular formula is C9H17N3O4. The van der Waals surface area contributed by atoms with Crippen molar-refractivity contribution in [1.29, 1.82) is 0 Å². The van der Waals surface area contributed by atoms with Crippen LogP contribution in [0.1, 0.15) is 13.8 Å². The monoisotopic (exact) mass is 231 g/mol. The van der Waals surface area contributed by atoms with Gasteiger partial charge in [0.05, 0.1) is 0 Å². The van der Waals surface area contributed by atoms with Crippen LogP contribution in [0, 0.1) is 0 Å². The first-order chi connectivity index (χ1) is 7.25. The van der Waals surface area contributed by atoms with Crippen LogP contribution in [-0.2, 0) is 9.59 Å². The molecule has 0 aliphatic rings. The smallest absolute Gasteiger partial charge is 0.323 e. The summed E-state index contributed by atoms with van der Waals surface area (Å²) >= 11 is 0. The summed E-state index contributed by atoms with van der Waals surface area (Å²) < 4.78 is 0. The molecule has 16 heavy (non-hydrogen) atoms. The Bertz CT molecular complexity index is 274. The van der Waals surface area contributed by atoms with E-state index in [2.05, 4.69) is 0 Å². The van der Waals surface area contributed by atoms with E-state index >= 15 is 0 Å². The van der Waals surface area contributed by atoms with Crippen LogP contribution in [0.2, 0.25) is 0 Å². The Kier molecular flexibility index (Phi) is 5.27. The molecule has 0 rings (SSSR count). The number of primary amides is 1. The van der Waals surface area contributed by atoms with Gasteiger partial charge in [0.1, 0.15) is 13.1 Å². The van der Waals surface area contributed by atoms with Gasteiger partial charge in [0, 0.05) is 13.1 Å². The number of hydrogen-bond acceptors (Lipinski definition) is 3. The van der Waals surface area contributed by atoms with E-state index in [0.717, 1.165) is 4.90 Å². The number of urea groups is 1. The van der Waals surface area contributed by atoms with E-state index in [9.17, 15) is 14.4 Å². The third-order valence-corrected chi connectivity index (χ3v) is 2.02. The first kappa shape index (κ1) is 14.2. The van der Waals surface area contributed by atoms with Crippen molar-refractivity contribution in [1.82, 2.24) is 9.80 Å². The van der Waals surface area contributed by atoms with E-state index in [1.165, 1.54) is 11.9 Å². The van der Waals surface area contributed by atoms with Crippen LogP contribution in [0.25, 0.3) is 0 Å². The summed E-state index contributed by atoms with van der Waals surface area (Å²) in [5.74, 6) is -1.93. The Morgan fingerprint density at radius 2 is 1.75 bits per heavy atom. The summed E-state index contributed by atoms with van der Waals surface area (Å²) in [5, 5.41) is 8.60. The third-order valence-electron chi connectivity index (χ3n) is 2.02. The number of carbonyl (C=O) groups excluding carboxylic acids is 2. The lowest BCUT2D eigenvalue weighted by Crippen LogP contribution is -2.49. The highest BCUT2D eigenvalue weighted by Gasteiger charge is 2.23. The predicted molar refractivity (Wildman–Crippen MR) is 56.7 cm³/mol. The second-order valence-electron chi connectivity index (χ2n) is 3.70.